The van der Waals surface area contributed by atoms with E-state index in [-0.39, 0.29) is 25.2 Å². The molecular formula is C30H32Cl2F3N9O4. The van der Waals surface area contributed by atoms with E-state index in [0.29, 0.717) is 33.7 Å². The van der Waals surface area contributed by atoms with Gasteiger partial charge in [-0.2, -0.15) is 18.3 Å². The van der Waals surface area contributed by atoms with Crippen LogP contribution < -0.4 is 10.6 Å². The molecule has 0 spiro atoms. The average Bonchev–Trinajstić information content (AvgIpc) is 3.66. The Hall–Kier alpha value is -4.15. The smallest absolute Gasteiger partial charge is 0.410 e. The fraction of sp³-hybridized carbons (Fsp3) is 0.467. The SMILES string of the molecule is CC(C)(C)OC(=O)NC1(C(=O)NC(CN2C(c3ccc(Cl)cc3)=NN(Cc3ncn(-c4ncccc4Cl)n3)C3OC32)C(F)(F)F)CCC1. The molecule has 3 aliphatic rings. The lowest BCUT2D eigenvalue weighted by atomic mass is 9.76. The molecule has 1 saturated heterocycles. The number of hydrogen-bond acceptors (Lipinski definition) is 10. The normalized spacial score (nSPS) is 20.6. The maximum Gasteiger partial charge on any atom is 0.410 e. The summed E-state index contributed by atoms with van der Waals surface area (Å²) in [5.74, 6) is -0.0824. The van der Waals surface area contributed by atoms with Crippen LogP contribution in [0.1, 0.15) is 51.4 Å². The van der Waals surface area contributed by atoms with Crippen LogP contribution in [0.5, 0.6) is 0 Å². The van der Waals surface area contributed by atoms with Crippen LogP contribution >= 0.6 is 23.2 Å². The Bertz CT molecular complexity index is 1710. The number of hydrogen-bond donors (Lipinski definition) is 2. The van der Waals surface area contributed by atoms with Gasteiger partial charge in [-0.1, -0.05) is 23.2 Å². The van der Waals surface area contributed by atoms with E-state index < -0.39 is 54.4 Å². The number of carbonyl (C=O) groups excluding carboxylic acids is 2. The van der Waals surface area contributed by atoms with E-state index in [4.69, 9.17) is 32.7 Å². The molecule has 3 aromatic rings. The van der Waals surface area contributed by atoms with Crippen LogP contribution in [-0.4, -0.2) is 89.9 Å². The second-order valence-corrected chi connectivity index (χ2v) is 13.5. The van der Waals surface area contributed by atoms with Crippen molar-refractivity contribution < 1.29 is 32.2 Å². The number of amidine groups is 1. The van der Waals surface area contributed by atoms with Gasteiger partial charge in [0.2, 0.25) is 5.91 Å². The molecular weight excluding hydrogens is 678 g/mol. The number of halogens is 5. The first kappa shape index (κ1) is 33.7. The highest BCUT2D eigenvalue weighted by Gasteiger charge is 2.56. The quantitative estimate of drug-likeness (QED) is 0.304. The number of aromatic nitrogens is 4. The van der Waals surface area contributed by atoms with E-state index in [1.807, 2.05) is 0 Å². The number of fused-ring (bicyclic) bond motifs is 1. The highest BCUT2D eigenvalue weighted by atomic mass is 35.5. The minimum atomic E-state index is -4.86. The van der Waals surface area contributed by atoms with Crippen molar-refractivity contribution in [1.82, 2.24) is 40.3 Å². The van der Waals surface area contributed by atoms with Gasteiger partial charge in [0.05, 0.1) is 11.6 Å². The van der Waals surface area contributed by atoms with Gasteiger partial charge < -0.3 is 25.0 Å². The summed E-state index contributed by atoms with van der Waals surface area (Å²) in [7, 11) is 0. The van der Waals surface area contributed by atoms with Crippen molar-refractivity contribution in [3.05, 3.63) is 70.4 Å². The fourth-order valence-electron chi connectivity index (χ4n) is 5.36. The zero-order valence-corrected chi connectivity index (χ0v) is 27.6. The zero-order valence-electron chi connectivity index (χ0n) is 26.0. The molecule has 2 amide bonds. The monoisotopic (exact) mass is 709 g/mol. The molecule has 256 valence electrons. The number of alkyl carbamates (subject to hydrolysis) is 1. The van der Waals surface area contributed by atoms with Crippen LogP contribution in [0.2, 0.25) is 10.0 Å². The summed E-state index contributed by atoms with van der Waals surface area (Å²) in [4.78, 5) is 35.8. The van der Waals surface area contributed by atoms with E-state index in [1.165, 1.54) is 15.9 Å². The number of alkyl halides is 3. The molecule has 2 aromatic heterocycles. The molecule has 3 unspecified atom stereocenters. The third kappa shape index (κ3) is 7.29. The third-order valence-corrected chi connectivity index (χ3v) is 8.45. The molecule has 48 heavy (non-hydrogen) atoms. The number of nitrogens with one attached hydrogen (secondary N) is 2. The average molecular weight is 711 g/mol. The Labute approximate surface area is 283 Å². The number of epoxide rings is 1. The number of rotatable bonds is 9. The van der Waals surface area contributed by atoms with Crippen molar-refractivity contribution in [2.75, 3.05) is 6.54 Å². The number of carbonyl (C=O) groups is 2. The zero-order chi connectivity index (χ0) is 34.4. The van der Waals surface area contributed by atoms with E-state index in [2.05, 4.69) is 30.8 Å². The van der Waals surface area contributed by atoms with Crippen molar-refractivity contribution in [2.24, 2.45) is 5.10 Å². The van der Waals surface area contributed by atoms with Crippen LogP contribution in [-0.2, 0) is 20.8 Å². The van der Waals surface area contributed by atoms with E-state index in [1.54, 1.807) is 68.4 Å². The van der Waals surface area contributed by atoms with Gasteiger partial charge in [-0.15, -0.1) is 5.10 Å². The molecule has 1 aromatic carbocycles. The molecule has 2 N–H and O–H groups in total. The third-order valence-electron chi connectivity index (χ3n) is 7.91. The highest BCUT2D eigenvalue weighted by molar-refractivity contribution is 6.32. The van der Waals surface area contributed by atoms with Crippen LogP contribution in [0.15, 0.2) is 54.0 Å². The van der Waals surface area contributed by atoms with Gasteiger partial charge >= 0.3 is 12.3 Å². The maximum atomic E-state index is 14.6. The molecule has 18 heteroatoms. The minimum Gasteiger partial charge on any atom is -0.444 e. The van der Waals surface area contributed by atoms with Gasteiger partial charge in [0.25, 0.3) is 0 Å². The van der Waals surface area contributed by atoms with Gasteiger partial charge in [-0.25, -0.2) is 19.4 Å². The lowest BCUT2D eigenvalue weighted by Crippen LogP contribution is -2.67. The predicted octanol–water partition coefficient (Wildman–Crippen LogP) is 4.63. The first-order valence-electron chi connectivity index (χ1n) is 15.1. The summed E-state index contributed by atoms with van der Waals surface area (Å²) in [6.45, 7) is 4.27. The number of nitrogens with zero attached hydrogens (tertiary/aromatic N) is 7. The van der Waals surface area contributed by atoms with Crippen molar-refractivity contribution in [1.29, 1.82) is 0 Å². The largest absolute Gasteiger partial charge is 0.444 e. The Balaban J connectivity index is 1.24. The molecule has 1 aliphatic carbocycles. The van der Waals surface area contributed by atoms with Crippen molar-refractivity contribution in [3.8, 4) is 5.82 Å². The number of benzene rings is 1. The van der Waals surface area contributed by atoms with Crippen LogP contribution in [0.3, 0.4) is 0 Å². The molecule has 2 fully saturated rings. The Morgan fingerprint density at radius 3 is 2.46 bits per heavy atom. The Morgan fingerprint density at radius 1 is 1.10 bits per heavy atom. The van der Waals surface area contributed by atoms with Gasteiger partial charge in [0.15, 0.2) is 29.9 Å². The molecule has 1 saturated carbocycles. The first-order valence-corrected chi connectivity index (χ1v) is 15.8. The van der Waals surface area contributed by atoms with E-state index >= 15 is 0 Å². The second-order valence-electron chi connectivity index (χ2n) is 12.6. The lowest BCUT2D eigenvalue weighted by Gasteiger charge is -2.42. The first-order chi connectivity index (χ1) is 22.6. The summed E-state index contributed by atoms with van der Waals surface area (Å²) in [6.07, 6.45) is -3.40. The van der Waals surface area contributed by atoms with E-state index in [9.17, 15) is 22.8 Å². The summed E-state index contributed by atoms with van der Waals surface area (Å²) >= 11 is 12.3. The maximum absolute atomic E-state index is 14.6. The minimum absolute atomic E-state index is 0.0574. The lowest BCUT2D eigenvalue weighted by molar-refractivity contribution is -0.167. The summed E-state index contributed by atoms with van der Waals surface area (Å²) in [6, 6.07) is 7.44. The number of hydrazone groups is 1. The van der Waals surface area contributed by atoms with Crippen LogP contribution in [0.25, 0.3) is 5.82 Å². The van der Waals surface area contributed by atoms with Gasteiger partial charge in [0.1, 0.15) is 30.1 Å². The standard InChI is InChI=1S/C30H32Cl2F3N9O4/c1-28(2,3)48-27(46)39-29(11-5-12-29)26(45)38-20(30(33,34)35)14-42-22(17-7-9-18(31)10-8-17)41-43(25-24(42)47-25)15-21-37-16-44(40-21)23-19(32)6-4-13-36-23/h4,6-10,13,16,20,24-25H,5,11-12,14-15H2,1-3H3,(H,38,45)(H,39,46). The fourth-order valence-corrected chi connectivity index (χ4v) is 5.70. The van der Waals surface area contributed by atoms with E-state index in [0.717, 1.165) is 0 Å². The van der Waals surface area contributed by atoms with Crippen LogP contribution in [0, 0.1) is 0 Å². The predicted molar refractivity (Wildman–Crippen MR) is 167 cm³/mol. The second kappa shape index (κ2) is 12.7. The summed E-state index contributed by atoms with van der Waals surface area (Å²) in [5.41, 5.74) is -1.92. The van der Waals surface area contributed by atoms with Crippen molar-refractivity contribution in [2.45, 2.75) is 82.4 Å². The van der Waals surface area contributed by atoms with Crippen LogP contribution in [0.4, 0.5) is 18.0 Å². The van der Waals surface area contributed by atoms with Crippen molar-refractivity contribution in [3.63, 3.8) is 0 Å². The van der Waals surface area contributed by atoms with Gasteiger partial charge in [-0.05, 0) is 76.4 Å². The van der Waals surface area contributed by atoms with Gasteiger partial charge in [0, 0.05) is 16.8 Å². The molecule has 0 radical (unpaired) electrons. The van der Waals surface area contributed by atoms with Crippen molar-refractivity contribution >= 4 is 41.0 Å². The molecule has 0 bridgehead atoms. The topological polar surface area (TPSA) is 142 Å². The number of ether oxygens (including phenoxy) is 2. The number of amides is 2. The Kier molecular flexibility index (Phi) is 8.93. The molecule has 6 rings (SSSR count). The van der Waals surface area contributed by atoms with Gasteiger partial charge in [-0.3, -0.25) is 9.80 Å². The molecule has 3 atom stereocenters. The highest BCUT2D eigenvalue weighted by Crippen LogP contribution is 2.38. The molecule has 2 aliphatic heterocycles. The Morgan fingerprint density at radius 2 is 1.83 bits per heavy atom. The number of pyridine rings is 1. The molecule has 4 heterocycles. The summed E-state index contributed by atoms with van der Waals surface area (Å²) < 4.78 is 56.3. The molecule has 13 nitrogen and oxygen atoms in total. The summed E-state index contributed by atoms with van der Waals surface area (Å²) in [5, 5.41) is 16.1.